The summed E-state index contributed by atoms with van der Waals surface area (Å²) in [5, 5.41) is 10.8. The smallest absolute Gasteiger partial charge is 0.307 e. The molecule has 2 aromatic rings. The van der Waals surface area contributed by atoms with Gasteiger partial charge in [0.2, 0.25) is 0 Å². The van der Waals surface area contributed by atoms with Crippen molar-refractivity contribution in [1.82, 2.24) is 14.5 Å². The normalized spacial score (nSPS) is 10.4. The molecule has 0 aliphatic carbocycles. The van der Waals surface area contributed by atoms with Gasteiger partial charge in [-0.1, -0.05) is 0 Å². The topological polar surface area (TPSA) is 108 Å². The van der Waals surface area contributed by atoms with Crippen LogP contribution in [0.5, 0.6) is 0 Å². The molecule has 9 nitrogen and oxygen atoms in total. The van der Waals surface area contributed by atoms with Gasteiger partial charge in [-0.3, -0.25) is 19.7 Å². The Morgan fingerprint density at radius 3 is 2.59 bits per heavy atom. The Hall–Kier alpha value is -3.23. The van der Waals surface area contributed by atoms with Gasteiger partial charge in [-0.15, -0.1) is 0 Å². The molecule has 27 heavy (non-hydrogen) atoms. The van der Waals surface area contributed by atoms with Crippen molar-refractivity contribution in [1.29, 1.82) is 0 Å². The van der Waals surface area contributed by atoms with Crippen LogP contribution in [0.25, 0.3) is 0 Å². The van der Waals surface area contributed by atoms with Crippen molar-refractivity contribution in [3.63, 3.8) is 0 Å². The first-order valence-electron chi connectivity index (χ1n) is 8.66. The number of ether oxygens (including phenoxy) is 1. The summed E-state index contributed by atoms with van der Waals surface area (Å²) in [6.07, 6.45) is 5.98. The minimum Gasteiger partial charge on any atom is -0.466 e. The van der Waals surface area contributed by atoms with E-state index in [2.05, 4.69) is 4.98 Å². The van der Waals surface area contributed by atoms with E-state index in [1.54, 1.807) is 24.3 Å². The molecule has 0 aliphatic heterocycles. The first-order valence-corrected chi connectivity index (χ1v) is 8.66. The number of nitrogens with zero attached hydrogens (tertiary/aromatic N) is 4. The summed E-state index contributed by atoms with van der Waals surface area (Å²) in [5.41, 5.74) is 0.261. The number of aromatic nitrogens is 2. The molecule has 0 saturated carbocycles. The predicted octanol–water partition coefficient (Wildman–Crippen LogP) is 2.28. The average Bonchev–Trinajstić information content (AvgIpc) is 3.17. The second kappa shape index (κ2) is 10.0. The lowest BCUT2D eigenvalue weighted by Crippen LogP contribution is -2.34. The number of nitro benzene ring substituents is 1. The maximum atomic E-state index is 12.8. The summed E-state index contributed by atoms with van der Waals surface area (Å²) in [6.45, 7) is 3.36. The van der Waals surface area contributed by atoms with Crippen LogP contribution in [0.2, 0.25) is 0 Å². The number of aryl methyl sites for hydroxylation is 1. The largest absolute Gasteiger partial charge is 0.466 e. The van der Waals surface area contributed by atoms with E-state index in [1.807, 2.05) is 10.8 Å². The van der Waals surface area contributed by atoms with Crippen LogP contribution in [0.4, 0.5) is 5.69 Å². The number of imidazole rings is 1. The minimum absolute atomic E-state index is 0.0790. The summed E-state index contributed by atoms with van der Waals surface area (Å²) in [4.78, 5) is 40.2. The number of amides is 1. The second-order valence-corrected chi connectivity index (χ2v) is 5.81. The van der Waals surface area contributed by atoms with E-state index in [4.69, 9.17) is 4.74 Å². The molecule has 9 heteroatoms. The number of rotatable bonds is 10. The Balaban J connectivity index is 2.02. The number of hydrogen-bond donors (Lipinski definition) is 0. The number of non-ortho nitro benzene ring substituents is 1. The number of esters is 1. The third kappa shape index (κ3) is 6.21. The van der Waals surface area contributed by atoms with Gasteiger partial charge in [-0.25, -0.2) is 4.98 Å². The van der Waals surface area contributed by atoms with Gasteiger partial charge in [-0.05, 0) is 25.5 Å². The zero-order valence-electron chi connectivity index (χ0n) is 15.1. The van der Waals surface area contributed by atoms with E-state index in [-0.39, 0.29) is 37.1 Å². The Morgan fingerprint density at radius 1 is 1.26 bits per heavy atom. The lowest BCUT2D eigenvalue weighted by atomic mass is 10.1. The third-order valence-corrected chi connectivity index (χ3v) is 3.91. The van der Waals surface area contributed by atoms with Crippen LogP contribution in [-0.4, -0.2) is 50.9 Å². The highest BCUT2D eigenvalue weighted by Gasteiger charge is 2.18. The van der Waals surface area contributed by atoms with Crippen LogP contribution >= 0.6 is 0 Å². The monoisotopic (exact) mass is 374 g/mol. The third-order valence-electron chi connectivity index (χ3n) is 3.91. The number of hydrogen-bond acceptors (Lipinski definition) is 6. The first-order chi connectivity index (χ1) is 13.0. The van der Waals surface area contributed by atoms with Crippen molar-refractivity contribution >= 4 is 17.6 Å². The van der Waals surface area contributed by atoms with Gasteiger partial charge >= 0.3 is 5.97 Å². The Morgan fingerprint density at radius 2 is 2.00 bits per heavy atom. The van der Waals surface area contributed by atoms with Gasteiger partial charge in [0.05, 0.1) is 24.3 Å². The predicted molar refractivity (Wildman–Crippen MR) is 97.1 cm³/mol. The number of carbonyl (C=O) groups excluding carboxylic acids is 2. The maximum Gasteiger partial charge on any atom is 0.307 e. The molecule has 2 rings (SSSR count). The van der Waals surface area contributed by atoms with E-state index in [9.17, 15) is 19.7 Å². The quantitative estimate of drug-likeness (QED) is 0.359. The SMILES string of the molecule is CCOC(=O)CCN(CCCn1ccnc1)C(=O)c1ccc([N+](=O)[O-])cc1. The molecular weight excluding hydrogens is 352 g/mol. The minimum atomic E-state index is -0.516. The zero-order valence-corrected chi connectivity index (χ0v) is 15.1. The molecule has 1 heterocycles. The number of nitro groups is 1. The Kier molecular flexibility index (Phi) is 7.48. The fourth-order valence-corrected chi connectivity index (χ4v) is 2.55. The van der Waals surface area contributed by atoms with Gasteiger partial charge in [0.15, 0.2) is 0 Å². The molecule has 1 aromatic heterocycles. The van der Waals surface area contributed by atoms with E-state index in [0.29, 0.717) is 25.1 Å². The summed E-state index contributed by atoms with van der Waals surface area (Å²) < 4.78 is 6.82. The summed E-state index contributed by atoms with van der Waals surface area (Å²) in [5.74, 6) is -0.645. The highest BCUT2D eigenvalue weighted by Crippen LogP contribution is 2.14. The molecule has 0 aliphatic rings. The molecule has 0 saturated heterocycles. The molecular formula is C18H22N4O5. The fraction of sp³-hybridized carbons (Fsp3) is 0.389. The molecule has 0 atom stereocenters. The fourth-order valence-electron chi connectivity index (χ4n) is 2.55. The molecule has 0 spiro atoms. The van der Waals surface area contributed by atoms with E-state index in [1.165, 1.54) is 24.3 Å². The van der Waals surface area contributed by atoms with Crippen LogP contribution in [0.3, 0.4) is 0 Å². The molecule has 0 radical (unpaired) electrons. The van der Waals surface area contributed by atoms with E-state index >= 15 is 0 Å². The lowest BCUT2D eigenvalue weighted by Gasteiger charge is -2.22. The van der Waals surface area contributed by atoms with Crippen LogP contribution in [0.1, 0.15) is 30.1 Å². The Bertz CT molecular complexity index is 759. The molecule has 0 fully saturated rings. The maximum absolute atomic E-state index is 12.8. The van der Waals surface area contributed by atoms with Gasteiger partial charge in [0, 0.05) is 49.7 Å². The summed E-state index contributed by atoms with van der Waals surface area (Å²) >= 11 is 0. The highest BCUT2D eigenvalue weighted by atomic mass is 16.6. The van der Waals surface area contributed by atoms with Gasteiger partial charge < -0.3 is 14.2 Å². The highest BCUT2D eigenvalue weighted by molar-refractivity contribution is 5.94. The molecule has 0 unspecified atom stereocenters. The molecule has 1 amide bonds. The van der Waals surface area contributed by atoms with Crippen molar-refractivity contribution in [3.05, 3.63) is 58.7 Å². The Labute approximate surface area is 156 Å². The van der Waals surface area contributed by atoms with E-state index < -0.39 is 4.92 Å². The van der Waals surface area contributed by atoms with Crippen molar-refractivity contribution in [2.75, 3.05) is 19.7 Å². The molecule has 144 valence electrons. The lowest BCUT2D eigenvalue weighted by molar-refractivity contribution is -0.384. The van der Waals surface area contributed by atoms with Crippen LogP contribution in [-0.2, 0) is 16.1 Å². The van der Waals surface area contributed by atoms with Crippen LogP contribution in [0, 0.1) is 10.1 Å². The zero-order chi connectivity index (χ0) is 19.6. The standard InChI is InChI=1S/C18H22N4O5/c1-2-27-17(23)8-12-21(11-3-10-20-13-9-19-14-20)18(24)15-4-6-16(7-5-15)22(25)26/h4-7,9,13-14H,2-3,8,10-12H2,1H3. The van der Waals surface area contributed by atoms with Crippen LogP contribution in [0.15, 0.2) is 43.0 Å². The molecule has 1 aromatic carbocycles. The first kappa shape index (κ1) is 20.1. The molecule has 0 bridgehead atoms. The van der Waals surface area contributed by atoms with Gasteiger partial charge in [0.1, 0.15) is 0 Å². The molecule has 0 N–H and O–H groups in total. The van der Waals surface area contributed by atoms with Gasteiger partial charge in [0.25, 0.3) is 11.6 Å². The number of benzene rings is 1. The van der Waals surface area contributed by atoms with Crippen molar-refractivity contribution in [3.8, 4) is 0 Å². The van der Waals surface area contributed by atoms with Crippen molar-refractivity contribution in [2.24, 2.45) is 0 Å². The average molecular weight is 374 g/mol. The van der Waals surface area contributed by atoms with Crippen molar-refractivity contribution in [2.45, 2.75) is 26.3 Å². The van der Waals surface area contributed by atoms with Crippen molar-refractivity contribution < 1.29 is 19.2 Å². The number of carbonyl (C=O) groups is 2. The second-order valence-electron chi connectivity index (χ2n) is 5.81. The summed E-state index contributed by atoms with van der Waals surface area (Å²) in [7, 11) is 0. The summed E-state index contributed by atoms with van der Waals surface area (Å²) in [6, 6.07) is 5.44. The van der Waals surface area contributed by atoms with Crippen LogP contribution < -0.4 is 0 Å². The van der Waals surface area contributed by atoms with E-state index in [0.717, 1.165) is 0 Å². The van der Waals surface area contributed by atoms with Gasteiger partial charge in [-0.2, -0.15) is 0 Å².